The third-order valence-corrected chi connectivity index (χ3v) is 3.42. The summed E-state index contributed by atoms with van der Waals surface area (Å²) < 4.78 is 5.45. The van der Waals surface area contributed by atoms with Gasteiger partial charge in [-0.2, -0.15) is 0 Å². The summed E-state index contributed by atoms with van der Waals surface area (Å²) in [6.45, 7) is 2.38. The van der Waals surface area contributed by atoms with Gasteiger partial charge in [0.05, 0.1) is 0 Å². The van der Waals surface area contributed by atoms with Gasteiger partial charge in [-0.25, -0.2) is 0 Å². The Hall–Kier alpha value is -1.99. The summed E-state index contributed by atoms with van der Waals surface area (Å²) in [5.41, 5.74) is 6.42. The smallest absolute Gasteiger partial charge is 0.264 e. The normalized spacial score (nSPS) is 10.3. The Labute approximate surface area is 121 Å². The summed E-state index contributed by atoms with van der Waals surface area (Å²) in [7, 11) is 0. The Morgan fingerprint density at radius 3 is 2.95 bits per heavy atom. The Morgan fingerprint density at radius 1 is 1.40 bits per heavy atom. The van der Waals surface area contributed by atoms with Crippen molar-refractivity contribution < 1.29 is 9.53 Å². The standard InChI is InChI=1S/C13H16N4O2S/c1-9-4-2-3-5-10(9)19-8-11(18)15-13-17-16-12(20-13)6-7-14/h2-5H,6-8,14H2,1H3,(H,15,17,18). The maximum atomic E-state index is 11.7. The van der Waals surface area contributed by atoms with Gasteiger partial charge in [0, 0.05) is 6.42 Å². The zero-order chi connectivity index (χ0) is 14.4. The number of anilines is 1. The molecular formula is C13H16N4O2S. The summed E-state index contributed by atoms with van der Waals surface area (Å²) in [5.74, 6) is 0.437. The molecule has 2 rings (SSSR count). The van der Waals surface area contributed by atoms with E-state index in [0.717, 1.165) is 10.6 Å². The van der Waals surface area contributed by atoms with Crippen LogP contribution in [0.1, 0.15) is 10.6 Å². The van der Waals surface area contributed by atoms with E-state index in [2.05, 4.69) is 15.5 Å². The van der Waals surface area contributed by atoms with Crippen LogP contribution in [-0.4, -0.2) is 29.3 Å². The van der Waals surface area contributed by atoms with E-state index in [0.29, 0.717) is 23.8 Å². The summed E-state index contributed by atoms with van der Waals surface area (Å²) in [6, 6.07) is 7.54. The number of nitrogens with one attached hydrogen (secondary N) is 1. The highest BCUT2D eigenvalue weighted by atomic mass is 32.1. The van der Waals surface area contributed by atoms with Crippen molar-refractivity contribution in [1.29, 1.82) is 0 Å². The first-order valence-electron chi connectivity index (χ1n) is 6.20. The highest BCUT2D eigenvalue weighted by Gasteiger charge is 2.09. The molecule has 1 heterocycles. The molecule has 1 aromatic heterocycles. The van der Waals surface area contributed by atoms with Crippen LogP contribution in [-0.2, 0) is 11.2 Å². The molecule has 106 valence electrons. The van der Waals surface area contributed by atoms with Crippen molar-refractivity contribution in [2.45, 2.75) is 13.3 Å². The van der Waals surface area contributed by atoms with Gasteiger partial charge >= 0.3 is 0 Å². The zero-order valence-electron chi connectivity index (χ0n) is 11.1. The molecule has 3 N–H and O–H groups in total. The molecule has 2 aromatic rings. The molecule has 0 aliphatic rings. The van der Waals surface area contributed by atoms with E-state index in [1.165, 1.54) is 11.3 Å². The monoisotopic (exact) mass is 292 g/mol. The second kappa shape index (κ2) is 6.97. The number of rotatable bonds is 6. The summed E-state index contributed by atoms with van der Waals surface area (Å²) in [6.07, 6.45) is 0.660. The van der Waals surface area contributed by atoms with Crippen LogP contribution < -0.4 is 15.8 Å². The van der Waals surface area contributed by atoms with E-state index in [1.54, 1.807) is 0 Å². The van der Waals surface area contributed by atoms with E-state index in [9.17, 15) is 4.79 Å². The van der Waals surface area contributed by atoms with Crippen LogP contribution in [0.3, 0.4) is 0 Å². The lowest BCUT2D eigenvalue weighted by molar-refractivity contribution is -0.118. The van der Waals surface area contributed by atoms with Gasteiger partial charge in [0.1, 0.15) is 10.8 Å². The fourth-order valence-electron chi connectivity index (χ4n) is 1.55. The van der Waals surface area contributed by atoms with Crippen LogP contribution in [0, 0.1) is 6.92 Å². The average molecular weight is 292 g/mol. The van der Waals surface area contributed by atoms with E-state index >= 15 is 0 Å². The second-order valence-corrected chi connectivity index (χ2v) is 5.20. The average Bonchev–Trinajstić information content (AvgIpc) is 2.85. The second-order valence-electron chi connectivity index (χ2n) is 4.14. The lowest BCUT2D eigenvalue weighted by Gasteiger charge is -2.07. The van der Waals surface area contributed by atoms with Gasteiger partial charge in [-0.05, 0) is 25.1 Å². The van der Waals surface area contributed by atoms with E-state index in [1.807, 2.05) is 31.2 Å². The summed E-state index contributed by atoms with van der Waals surface area (Å²) >= 11 is 1.32. The van der Waals surface area contributed by atoms with Crippen LogP contribution in [0.5, 0.6) is 5.75 Å². The number of hydrogen-bond donors (Lipinski definition) is 2. The number of nitrogens with two attached hydrogens (primary N) is 1. The minimum absolute atomic E-state index is 0.0589. The number of ether oxygens (including phenoxy) is 1. The largest absolute Gasteiger partial charge is 0.483 e. The molecule has 0 saturated heterocycles. The quantitative estimate of drug-likeness (QED) is 0.839. The molecule has 0 aliphatic carbocycles. The molecule has 0 aliphatic heterocycles. The van der Waals surface area contributed by atoms with Gasteiger partial charge in [-0.3, -0.25) is 10.1 Å². The molecule has 6 nitrogen and oxygen atoms in total. The number of aryl methyl sites for hydroxylation is 1. The molecule has 0 saturated carbocycles. The predicted octanol–water partition coefficient (Wildman–Crippen LogP) is 1.37. The van der Waals surface area contributed by atoms with Gasteiger partial charge < -0.3 is 10.5 Å². The van der Waals surface area contributed by atoms with Crippen LogP contribution in [0.25, 0.3) is 0 Å². The molecule has 0 radical (unpaired) electrons. The molecule has 0 unspecified atom stereocenters. The number of para-hydroxylation sites is 1. The Kier molecular flexibility index (Phi) is 5.03. The fourth-order valence-corrected chi connectivity index (χ4v) is 2.32. The first-order valence-corrected chi connectivity index (χ1v) is 7.01. The molecule has 20 heavy (non-hydrogen) atoms. The Bertz CT molecular complexity index is 585. The van der Waals surface area contributed by atoms with Gasteiger partial charge in [-0.15, -0.1) is 10.2 Å². The van der Waals surface area contributed by atoms with Crippen LogP contribution >= 0.6 is 11.3 Å². The van der Waals surface area contributed by atoms with Crippen molar-refractivity contribution in [1.82, 2.24) is 10.2 Å². The summed E-state index contributed by atoms with van der Waals surface area (Å²) in [4.78, 5) is 11.7. The highest BCUT2D eigenvalue weighted by molar-refractivity contribution is 7.15. The number of carbonyl (C=O) groups excluding carboxylic acids is 1. The third-order valence-electron chi connectivity index (χ3n) is 2.52. The highest BCUT2D eigenvalue weighted by Crippen LogP contribution is 2.17. The number of hydrogen-bond acceptors (Lipinski definition) is 6. The molecule has 7 heteroatoms. The first kappa shape index (κ1) is 14.4. The van der Waals surface area contributed by atoms with Crippen molar-refractivity contribution in [3.05, 3.63) is 34.8 Å². The van der Waals surface area contributed by atoms with Crippen molar-refractivity contribution in [3.63, 3.8) is 0 Å². The third kappa shape index (κ3) is 4.01. The van der Waals surface area contributed by atoms with Crippen molar-refractivity contribution in [3.8, 4) is 5.75 Å². The van der Waals surface area contributed by atoms with E-state index in [-0.39, 0.29) is 12.5 Å². The first-order chi connectivity index (χ1) is 9.69. The van der Waals surface area contributed by atoms with E-state index < -0.39 is 0 Å². The number of amides is 1. The minimum Gasteiger partial charge on any atom is -0.483 e. The fraction of sp³-hybridized carbons (Fsp3) is 0.308. The molecule has 0 spiro atoms. The van der Waals surface area contributed by atoms with E-state index in [4.69, 9.17) is 10.5 Å². The predicted molar refractivity (Wildman–Crippen MR) is 78.0 cm³/mol. The molecule has 1 aromatic carbocycles. The minimum atomic E-state index is -0.260. The van der Waals surface area contributed by atoms with Crippen molar-refractivity contribution >= 4 is 22.4 Å². The van der Waals surface area contributed by atoms with Crippen molar-refractivity contribution in [2.75, 3.05) is 18.5 Å². The molecule has 0 atom stereocenters. The summed E-state index contributed by atoms with van der Waals surface area (Å²) in [5, 5.41) is 11.7. The molecule has 1 amide bonds. The number of benzene rings is 1. The van der Waals surface area contributed by atoms with Crippen molar-refractivity contribution in [2.24, 2.45) is 5.73 Å². The van der Waals surface area contributed by atoms with Gasteiger partial charge in [0.2, 0.25) is 5.13 Å². The van der Waals surface area contributed by atoms with Crippen LogP contribution in [0.4, 0.5) is 5.13 Å². The lowest BCUT2D eigenvalue weighted by atomic mass is 10.2. The number of aromatic nitrogens is 2. The van der Waals surface area contributed by atoms with Gasteiger partial charge in [-0.1, -0.05) is 29.5 Å². The maximum absolute atomic E-state index is 11.7. The Morgan fingerprint density at radius 2 is 2.20 bits per heavy atom. The Balaban J connectivity index is 1.84. The molecule has 0 fully saturated rings. The van der Waals surface area contributed by atoms with Crippen LogP contribution in [0.2, 0.25) is 0 Å². The number of nitrogens with zero attached hydrogens (tertiary/aromatic N) is 2. The maximum Gasteiger partial charge on any atom is 0.264 e. The van der Waals surface area contributed by atoms with Gasteiger partial charge in [0.25, 0.3) is 5.91 Å². The molecular weight excluding hydrogens is 276 g/mol. The topological polar surface area (TPSA) is 90.1 Å². The SMILES string of the molecule is Cc1ccccc1OCC(=O)Nc1nnc(CCN)s1. The lowest BCUT2D eigenvalue weighted by Crippen LogP contribution is -2.20. The van der Waals surface area contributed by atoms with Gasteiger partial charge in [0.15, 0.2) is 6.61 Å². The number of carbonyl (C=O) groups is 1. The zero-order valence-corrected chi connectivity index (χ0v) is 11.9. The molecule has 0 bridgehead atoms. The van der Waals surface area contributed by atoms with Crippen LogP contribution in [0.15, 0.2) is 24.3 Å².